The first kappa shape index (κ1) is 12.9. The second kappa shape index (κ2) is 4.80. The van der Waals surface area contributed by atoms with E-state index in [0.29, 0.717) is 0 Å². The number of halogens is 1. The molecule has 2 aromatic heterocycles. The minimum atomic E-state index is -0.176. The third kappa shape index (κ3) is 2.49. The number of fused-ring (bicyclic) bond motifs is 1. The molecule has 0 N–H and O–H groups in total. The van der Waals surface area contributed by atoms with E-state index in [4.69, 9.17) is 9.15 Å². The second-order valence-corrected chi connectivity index (χ2v) is 6.15. The Morgan fingerprint density at radius 2 is 2.32 bits per heavy atom. The Morgan fingerprint density at radius 1 is 1.47 bits per heavy atom. The molecule has 2 aromatic rings. The van der Waals surface area contributed by atoms with Crippen LogP contribution in [0.15, 0.2) is 29.0 Å². The van der Waals surface area contributed by atoms with Gasteiger partial charge in [-0.25, -0.2) is 4.98 Å². The fourth-order valence-corrected chi connectivity index (χ4v) is 3.01. The maximum absolute atomic E-state index is 6.03. The van der Waals surface area contributed by atoms with Gasteiger partial charge in [0.1, 0.15) is 11.4 Å². The molecule has 0 spiro atoms. The average molecular weight is 325 g/mol. The van der Waals surface area contributed by atoms with E-state index in [2.05, 4.69) is 39.7 Å². The molecule has 0 bridgehead atoms. The molecule has 5 heteroatoms. The smallest absolute Gasteiger partial charge is 0.139 e. The molecular weight excluding hydrogens is 308 g/mol. The van der Waals surface area contributed by atoms with Crippen molar-refractivity contribution in [2.75, 3.05) is 23.3 Å². The number of ether oxygens (including phenoxy) is 1. The summed E-state index contributed by atoms with van der Waals surface area (Å²) in [4.78, 5) is 6.82. The summed E-state index contributed by atoms with van der Waals surface area (Å²) in [7, 11) is 0. The van der Waals surface area contributed by atoms with Gasteiger partial charge in [-0.1, -0.05) is 15.9 Å². The number of alkyl halides is 1. The van der Waals surface area contributed by atoms with E-state index >= 15 is 0 Å². The summed E-state index contributed by atoms with van der Waals surface area (Å²) in [5.41, 5.74) is 0.703. The largest absolute Gasteiger partial charge is 0.464 e. The standard InChI is InChI=1S/C14H17BrN2O2/c1-14(2)9-17(8-10(7-15)19-14)13-11-4-6-18-12(11)3-5-16-13/h3-6,10H,7-9H2,1-2H3. The number of pyridine rings is 1. The van der Waals surface area contributed by atoms with Crippen molar-refractivity contribution in [1.82, 2.24) is 4.98 Å². The van der Waals surface area contributed by atoms with Crippen molar-refractivity contribution in [3.05, 3.63) is 24.6 Å². The number of aromatic nitrogens is 1. The average Bonchev–Trinajstić information content (AvgIpc) is 2.84. The molecule has 0 amide bonds. The molecule has 1 aliphatic heterocycles. The van der Waals surface area contributed by atoms with Gasteiger partial charge in [-0.05, 0) is 26.0 Å². The van der Waals surface area contributed by atoms with Crippen LogP contribution in [-0.2, 0) is 4.74 Å². The molecule has 0 aromatic carbocycles. The number of rotatable bonds is 2. The van der Waals surface area contributed by atoms with E-state index < -0.39 is 0 Å². The lowest BCUT2D eigenvalue weighted by Crippen LogP contribution is -2.53. The third-order valence-electron chi connectivity index (χ3n) is 3.31. The summed E-state index contributed by atoms with van der Waals surface area (Å²) in [6, 6.07) is 3.87. The van der Waals surface area contributed by atoms with Crippen LogP contribution in [0.1, 0.15) is 13.8 Å². The van der Waals surface area contributed by atoms with Crippen LogP contribution in [0, 0.1) is 0 Å². The van der Waals surface area contributed by atoms with Crippen LogP contribution in [0.5, 0.6) is 0 Å². The molecule has 3 heterocycles. The van der Waals surface area contributed by atoms with Gasteiger partial charge in [0.2, 0.25) is 0 Å². The zero-order valence-electron chi connectivity index (χ0n) is 11.1. The molecule has 1 saturated heterocycles. The first-order chi connectivity index (χ1) is 9.09. The summed E-state index contributed by atoms with van der Waals surface area (Å²) in [6.07, 6.45) is 3.68. The minimum absolute atomic E-state index is 0.174. The summed E-state index contributed by atoms with van der Waals surface area (Å²) < 4.78 is 11.5. The van der Waals surface area contributed by atoms with Gasteiger partial charge in [0.25, 0.3) is 0 Å². The van der Waals surface area contributed by atoms with E-state index in [-0.39, 0.29) is 11.7 Å². The second-order valence-electron chi connectivity index (χ2n) is 5.50. The molecule has 0 aliphatic carbocycles. The van der Waals surface area contributed by atoms with Crippen molar-refractivity contribution in [1.29, 1.82) is 0 Å². The Balaban J connectivity index is 1.98. The molecule has 4 nitrogen and oxygen atoms in total. The predicted molar refractivity (Wildman–Crippen MR) is 79.0 cm³/mol. The van der Waals surface area contributed by atoms with E-state index in [0.717, 1.165) is 35.2 Å². The maximum Gasteiger partial charge on any atom is 0.139 e. The molecule has 1 unspecified atom stereocenters. The summed E-state index contributed by atoms with van der Waals surface area (Å²) >= 11 is 3.51. The number of furan rings is 1. The summed E-state index contributed by atoms with van der Waals surface area (Å²) in [5, 5.41) is 1.89. The van der Waals surface area contributed by atoms with Crippen LogP contribution in [0.25, 0.3) is 11.0 Å². The van der Waals surface area contributed by atoms with Gasteiger partial charge in [-0.3, -0.25) is 0 Å². The highest BCUT2D eigenvalue weighted by Crippen LogP contribution is 2.30. The summed E-state index contributed by atoms with van der Waals surface area (Å²) in [5.74, 6) is 0.980. The van der Waals surface area contributed by atoms with Crippen molar-refractivity contribution in [3.63, 3.8) is 0 Å². The highest BCUT2D eigenvalue weighted by atomic mass is 79.9. The van der Waals surface area contributed by atoms with Crippen LogP contribution in [0.4, 0.5) is 5.82 Å². The Labute approximate surface area is 120 Å². The SMILES string of the molecule is CC1(C)CN(c2nccc3occc23)CC(CBr)O1. The fourth-order valence-electron chi connectivity index (χ4n) is 2.67. The highest BCUT2D eigenvalue weighted by molar-refractivity contribution is 9.09. The first-order valence-corrected chi connectivity index (χ1v) is 7.52. The monoisotopic (exact) mass is 324 g/mol. The topological polar surface area (TPSA) is 38.5 Å². The molecular formula is C14H17BrN2O2. The van der Waals surface area contributed by atoms with E-state index in [1.807, 2.05) is 12.1 Å². The minimum Gasteiger partial charge on any atom is -0.464 e. The van der Waals surface area contributed by atoms with Crippen molar-refractivity contribution in [2.24, 2.45) is 0 Å². The van der Waals surface area contributed by atoms with Crippen LogP contribution in [0.3, 0.4) is 0 Å². The zero-order chi connectivity index (χ0) is 13.5. The van der Waals surface area contributed by atoms with Gasteiger partial charge in [-0.15, -0.1) is 0 Å². The number of nitrogens with zero attached hydrogens (tertiary/aromatic N) is 2. The predicted octanol–water partition coefficient (Wildman–Crippen LogP) is 3.21. The van der Waals surface area contributed by atoms with E-state index in [1.165, 1.54) is 0 Å². The van der Waals surface area contributed by atoms with Gasteiger partial charge < -0.3 is 14.1 Å². The molecule has 0 saturated carbocycles. The Morgan fingerprint density at radius 3 is 3.11 bits per heavy atom. The summed E-state index contributed by atoms with van der Waals surface area (Å²) in [6.45, 7) is 5.90. The quantitative estimate of drug-likeness (QED) is 0.795. The van der Waals surface area contributed by atoms with Crippen LogP contribution >= 0.6 is 15.9 Å². The maximum atomic E-state index is 6.03. The van der Waals surface area contributed by atoms with Gasteiger partial charge in [0.05, 0.1) is 23.4 Å². The molecule has 102 valence electrons. The first-order valence-electron chi connectivity index (χ1n) is 6.40. The number of hydrogen-bond acceptors (Lipinski definition) is 4. The number of anilines is 1. The van der Waals surface area contributed by atoms with Crippen LogP contribution in [0.2, 0.25) is 0 Å². The molecule has 19 heavy (non-hydrogen) atoms. The molecule has 3 rings (SSSR count). The van der Waals surface area contributed by atoms with Gasteiger partial charge in [0, 0.05) is 24.6 Å². The molecule has 1 aliphatic rings. The Hall–Kier alpha value is -1.07. The lowest BCUT2D eigenvalue weighted by atomic mass is 10.1. The fraction of sp³-hybridized carbons (Fsp3) is 0.500. The van der Waals surface area contributed by atoms with Crippen molar-refractivity contribution in [2.45, 2.75) is 25.6 Å². The Kier molecular flexibility index (Phi) is 3.27. The van der Waals surface area contributed by atoms with Gasteiger partial charge >= 0.3 is 0 Å². The van der Waals surface area contributed by atoms with Gasteiger partial charge in [-0.2, -0.15) is 0 Å². The Bertz CT molecular complexity index is 582. The lowest BCUT2D eigenvalue weighted by molar-refractivity contribution is -0.0725. The van der Waals surface area contributed by atoms with Crippen LogP contribution < -0.4 is 4.90 Å². The van der Waals surface area contributed by atoms with Crippen molar-refractivity contribution >= 4 is 32.7 Å². The van der Waals surface area contributed by atoms with Crippen LogP contribution in [-0.4, -0.2) is 35.1 Å². The third-order valence-corrected chi connectivity index (χ3v) is 4.03. The van der Waals surface area contributed by atoms with Gasteiger partial charge in [0.15, 0.2) is 0 Å². The highest BCUT2D eigenvalue weighted by Gasteiger charge is 2.34. The van der Waals surface area contributed by atoms with E-state index in [9.17, 15) is 0 Å². The van der Waals surface area contributed by atoms with Crippen molar-refractivity contribution in [3.8, 4) is 0 Å². The number of hydrogen-bond donors (Lipinski definition) is 0. The van der Waals surface area contributed by atoms with Crippen molar-refractivity contribution < 1.29 is 9.15 Å². The lowest BCUT2D eigenvalue weighted by Gasteiger charge is -2.43. The molecule has 1 fully saturated rings. The normalized spacial score (nSPS) is 22.9. The molecule has 1 atom stereocenters. The van der Waals surface area contributed by atoms with E-state index in [1.54, 1.807) is 12.5 Å². The number of morpholine rings is 1. The zero-order valence-corrected chi connectivity index (χ0v) is 12.7. The molecule has 0 radical (unpaired) electrons.